The number of benzene rings is 1. The molecule has 0 aromatic heterocycles. The molecule has 0 N–H and O–H groups in total. The average molecular weight is 407 g/mol. The van der Waals surface area contributed by atoms with Gasteiger partial charge in [0.25, 0.3) is 0 Å². The molecule has 1 amide bonds. The molecule has 7 atom stereocenters. The highest BCUT2D eigenvalue weighted by molar-refractivity contribution is 6.76. The van der Waals surface area contributed by atoms with E-state index in [0.717, 1.165) is 24.9 Å². The molecule has 1 spiro atoms. The topological polar surface area (TPSA) is 32.5 Å². The number of carbonyl (C=O) groups excluding carboxylic acids is 1. The van der Waals surface area contributed by atoms with Crippen LogP contribution in [0.4, 0.5) is 5.69 Å². The Morgan fingerprint density at radius 3 is 2.83 bits per heavy atom. The van der Waals surface area contributed by atoms with Crippen LogP contribution in [0.25, 0.3) is 0 Å². The molecule has 6 aliphatic rings. The van der Waals surface area contributed by atoms with Crippen molar-refractivity contribution in [3.63, 3.8) is 0 Å². The lowest BCUT2D eigenvalue weighted by Gasteiger charge is -2.44. The number of nitrogens with zero attached hydrogens (tertiary/aromatic N) is 2. The van der Waals surface area contributed by atoms with Crippen LogP contribution in [0.15, 0.2) is 49.1 Å². The molecule has 2 aliphatic carbocycles. The van der Waals surface area contributed by atoms with E-state index in [1.807, 2.05) is 11.0 Å². The minimum atomic E-state index is -1.15. The number of amides is 1. The number of hydrogen-bond donors (Lipinski definition) is 0. The summed E-state index contributed by atoms with van der Waals surface area (Å²) < 4.78 is 6.05. The van der Waals surface area contributed by atoms with Gasteiger partial charge in [-0.2, -0.15) is 0 Å². The van der Waals surface area contributed by atoms with Gasteiger partial charge in [0.15, 0.2) is 0 Å². The third-order valence-corrected chi connectivity index (χ3v) is 9.99. The zero-order valence-electron chi connectivity index (χ0n) is 17.6. The summed E-state index contributed by atoms with van der Waals surface area (Å²) in [6, 6.07) is 10.6. The number of anilines is 1. The molecule has 0 radical (unpaired) electrons. The highest BCUT2D eigenvalue weighted by Gasteiger charge is 2.84. The van der Waals surface area contributed by atoms with Crippen LogP contribution in [-0.2, 0) is 14.9 Å². The smallest absolute Gasteiger partial charge is 0.243 e. The SMILES string of the molecule is C=CC12CN3C4C3C1C1(C=CC42)C(=O)N(COCC[Si](C)(C)C)c2ccccc21. The van der Waals surface area contributed by atoms with Crippen LogP contribution in [0.1, 0.15) is 5.56 Å². The van der Waals surface area contributed by atoms with Crippen LogP contribution in [0.2, 0.25) is 25.7 Å². The van der Waals surface area contributed by atoms with E-state index in [1.54, 1.807) is 0 Å². The van der Waals surface area contributed by atoms with E-state index in [-0.39, 0.29) is 11.3 Å². The molecule has 5 heteroatoms. The van der Waals surface area contributed by atoms with Crippen molar-refractivity contribution in [2.75, 3.05) is 24.8 Å². The van der Waals surface area contributed by atoms with E-state index in [9.17, 15) is 4.79 Å². The Hall–Kier alpha value is -1.69. The van der Waals surface area contributed by atoms with Gasteiger partial charge in [-0.25, -0.2) is 0 Å². The van der Waals surface area contributed by atoms with Gasteiger partial charge in [0.1, 0.15) is 6.73 Å². The fraction of sp³-hybridized carbons (Fsp3) is 0.542. The molecular weight excluding hydrogens is 376 g/mol. The summed E-state index contributed by atoms with van der Waals surface area (Å²) in [5.74, 6) is 1.03. The summed E-state index contributed by atoms with van der Waals surface area (Å²) in [6.45, 7) is 13.4. The Morgan fingerprint density at radius 2 is 2.07 bits per heavy atom. The Bertz CT molecular complexity index is 952. The Balaban J connectivity index is 1.37. The maximum atomic E-state index is 14.1. The molecule has 4 aliphatic heterocycles. The third-order valence-electron chi connectivity index (χ3n) is 8.29. The number of carbonyl (C=O) groups is 1. The standard InChI is InChI=1S/C24H30N2O2Si/c1-5-23-14-25-19-17(23)10-11-24(21(23)20(19)25)16-8-6-7-9-18(16)26(22(24)27)15-28-12-13-29(2,3)4/h5-11,17,19-21H,1,12-15H2,2-4H3. The van der Waals surface area contributed by atoms with Crippen LogP contribution in [0.5, 0.6) is 0 Å². The molecular formula is C24H30N2O2Si. The van der Waals surface area contributed by atoms with Gasteiger partial charge in [0.05, 0.1) is 11.1 Å². The fourth-order valence-electron chi connectivity index (χ4n) is 7.00. The first kappa shape index (κ1) is 18.1. The van der Waals surface area contributed by atoms with Crippen molar-refractivity contribution in [3.8, 4) is 0 Å². The monoisotopic (exact) mass is 406 g/mol. The zero-order valence-corrected chi connectivity index (χ0v) is 18.6. The lowest BCUT2D eigenvalue weighted by molar-refractivity contribution is -0.125. The molecule has 4 fully saturated rings. The first-order chi connectivity index (χ1) is 13.8. The van der Waals surface area contributed by atoms with Gasteiger partial charge < -0.3 is 4.74 Å². The Morgan fingerprint density at radius 1 is 1.28 bits per heavy atom. The third kappa shape index (κ3) is 2.04. The largest absolute Gasteiger partial charge is 0.361 e. The normalized spacial score (nSPS) is 42.7. The molecule has 6 bridgehead atoms. The molecule has 29 heavy (non-hydrogen) atoms. The maximum absolute atomic E-state index is 14.1. The van der Waals surface area contributed by atoms with Crippen molar-refractivity contribution < 1.29 is 9.53 Å². The lowest BCUT2D eigenvalue weighted by atomic mass is 9.56. The molecule has 1 saturated carbocycles. The van der Waals surface area contributed by atoms with E-state index in [0.29, 0.717) is 30.7 Å². The quantitative estimate of drug-likeness (QED) is 0.313. The summed E-state index contributed by atoms with van der Waals surface area (Å²) in [4.78, 5) is 18.6. The van der Waals surface area contributed by atoms with Gasteiger partial charge in [0.2, 0.25) is 5.91 Å². The summed E-state index contributed by atoms with van der Waals surface area (Å²) in [5, 5.41) is 0. The number of rotatable bonds is 6. The van der Waals surface area contributed by atoms with Crippen molar-refractivity contribution in [3.05, 3.63) is 54.6 Å². The predicted octanol–water partition coefficient (Wildman–Crippen LogP) is 3.64. The van der Waals surface area contributed by atoms with E-state index < -0.39 is 13.5 Å². The van der Waals surface area contributed by atoms with Gasteiger partial charge >= 0.3 is 0 Å². The van der Waals surface area contributed by atoms with Crippen molar-refractivity contribution in [1.82, 2.24) is 4.90 Å². The van der Waals surface area contributed by atoms with Crippen molar-refractivity contribution in [2.45, 2.75) is 43.2 Å². The molecule has 7 unspecified atom stereocenters. The van der Waals surface area contributed by atoms with Crippen LogP contribution < -0.4 is 4.90 Å². The summed E-state index contributed by atoms with van der Waals surface area (Å²) in [5.41, 5.74) is 1.68. The molecule has 1 aromatic rings. The average Bonchev–Trinajstić information content (AvgIpc) is 2.95. The number of ether oxygens (including phenoxy) is 1. The van der Waals surface area contributed by atoms with E-state index in [1.165, 1.54) is 5.56 Å². The van der Waals surface area contributed by atoms with Gasteiger partial charge in [-0.15, -0.1) is 6.58 Å². The Kier molecular flexibility index (Phi) is 3.44. The minimum Gasteiger partial charge on any atom is -0.361 e. The first-order valence-electron chi connectivity index (χ1n) is 10.9. The second-order valence-electron chi connectivity index (χ2n) is 10.8. The zero-order chi connectivity index (χ0) is 20.2. The number of piperidine rings is 3. The maximum Gasteiger partial charge on any atom is 0.243 e. The minimum absolute atomic E-state index is 0.0432. The number of hydrogen-bond acceptors (Lipinski definition) is 3. The predicted molar refractivity (Wildman–Crippen MR) is 118 cm³/mol. The Labute approximate surface area is 174 Å². The number of para-hydroxylation sites is 1. The first-order valence-corrected chi connectivity index (χ1v) is 14.6. The second-order valence-corrected chi connectivity index (χ2v) is 16.4. The molecule has 7 rings (SSSR count). The van der Waals surface area contributed by atoms with Gasteiger partial charge in [-0.3, -0.25) is 14.6 Å². The van der Waals surface area contributed by atoms with Gasteiger partial charge in [-0.05, 0) is 17.7 Å². The van der Waals surface area contributed by atoms with Crippen LogP contribution >= 0.6 is 0 Å². The summed E-state index contributed by atoms with van der Waals surface area (Å²) in [6.07, 6.45) is 6.78. The van der Waals surface area contributed by atoms with Crippen LogP contribution in [-0.4, -0.2) is 50.8 Å². The van der Waals surface area contributed by atoms with Crippen molar-refractivity contribution in [2.24, 2.45) is 17.3 Å². The van der Waals surface area contributed by atoms with Crippen LogP contribution in [0.3, 0.4) is 0 Å². The summed E-state index contributed by atoms with van der Waals surface area (Å²) >= 11 is 0. The summed E-state index contributed by atoms with van der Waals surface area (Å²) in [7, 11) is -1.15. The molecule has 1 aromatic carbocycles. The van der Waals surface area contributed by atoms with Crippen molar-refractivity contribution in [1.29, 1.82) is 0 Å². The molecule has 4 heterocycles. The molecule has 3 saturated heterocycles. The highest BCUT2D eigenvalue weighted by Crippen LogP contribution is 2.76. The molecule has 4 nitrogen and oxygen atoms in total. The molecule has 152 valence electrons. The van der Waals surface area contributed by atoms with E-state index in [4.69, 9.17) is 4.74 Å². The van der Waals surface area contributed by atoms with E-state index in [2.05, 4.69) is 67.5 Å². The van der Waals surface area contributed by atoms with E-state index >= 15 is 0 Å². The van der Waals surface area contributed by atoms with Gasteiger partial charge in [-0.1, -0.05) is 56.1 Å². The van der Waals surface area contributed by atoms with Crippen molar-refractivity contribution >= 4 is 19.7 Å². The highest BCUT2D eigenvalue weighted by atomic mass is 28.3. The second kappa shape index (κ2) is 5.51. The lowest BCUT2D eigenvalue weighted by Crippen LogP contribution is -2.52. The van der Waals surface area contributed by atoms with Crippen LogP contribution in [0, 0.1) is 17.3 Å². The van der Waals surface area contributed by atoms with Gasteiger partial charge in [0, 0.05) is 50.6 Å². The number of fused-ring (bicyclic) bond motifs is 2. The fourth-order valence-corrected chi connectivity index (χ4v) is 7.76.